The molecule has 18 nitrogen and oxygen atoms in total. The van der Waals surface area contributed by atoms with Crippen molar-refractivity contribution in [3.8, 4) is 0 Å². The van der Waals surface area contributed by atoms with Crippen LogP contribution in [0.1, 0.15) is 11.1 Å². The Morgan fingerprint density at radius 2 is 0.743 bits per heavy atom. The Morgan fingerprint density at radius 1 is 0.571 bits per heavy atom. The third kappa shape index (κ3) is 8.09. The normalized spacial score (nSPS) is 10.9. The van der Waals surface area contributed by atoms with Crippen molar-refractivity contribution in [1.82, 2.24) is 0 Å². The molecule has 0 aliphatic heterocycles. The Kier molecular flexibility index (Phi) is 10.7. The largest absolute Gasteiger partial charge is 0.295 e. The van der Waals surface area contributed by atoms with E-state index in [0.717, 1.165) is 13.8 Å². The van der Waals surface area contributed by atoms with Crippen LogP contribution in [0.25, 0.3) is 0 Å². The van der Waals surface area contributed by atoms with Gasteiger partial charge in [-0.2, -0.15) is 16.8 Å². The van der Waals surface area contributed by atoms with Gasteiger partial charge in [-0.15, -0.1) is 0 Å². The molecule has 2 aromatic carbocycles. The van der Waals surface area contributed by atoms with Gasteiger partial charge in [-0.1, -0.05) is 0 Å². The van der Waals surface area contributed by atoms with Crippen molar-refractivity contribution in [2.75, 3.05) is 0 Å². The van der Waals surface area contributed by atoms with E-state index in [1.807, 2.05) is 0 Å². The van der Waals surface area contributed by atoms with Crippen LogP contribution in [0.4, 0.5) is 22.7 Å². The van der Waals surface area contributed by atoms with Crippen LogP contribution in [0, 0.1) is 54.3 Å². The van der Waals surface area contributed by atoms with Gasteiger partial charge < -0.3 is 0 Å². The van der Waals surface area contributed by atoms with Gasteiger partial charge in [-0.25, -0.2) is 0 Å². The average molecular weight is 564 g/mol. The molecule has 35 heavy (non-hydrogen) atoms. The van der Waals surface area contributed by atoms with Crippen molar-refractivity contribution >= 4 is 80.7 Å². The van der Waals surface area contributed by atoms with Crippen LogP contribution in [0.15, 0.2) is 34.1 Å². The van der Waals surface area contributed by atoms with Gasteiger partial charge in [0.15, 0.2) is 0 Å². The molecule has 2 rings (SSSR count). The first-order chi connectivity index (χ1) is 15.3. The Balaban J connectivity index is 0.000000642. The molecule has 0 atom stereocenters. The van der Waals surface area contributed by atoms with Gasteiger partial charge in [0.05, 0.1) is 19.7 Å². The molecule has 0 heterocycles. The van der Waals surface area contributed by atoms with Crippen molar-refractivity contribution in [2.24, 2.45) is 0 Å². The second-order valence-electron chi connectivity index (χ2n) is 6.15. The number of hydrogen-bond acceptors (Lipinski definition) is 12. The quantitative estimate of drug-likeness (QED) is 0.219. The van der Waals surface area contributed by atoms with Crippen molar-refractivity contribution < 1.29 is 45.6 Å². The predicted molar refractivity (Wildman–Crippen MR) is 114 cm³/mol. The summed E-state index contributed by atoms with van der Waals surface area (Å²) in [6.07, 6.45) is 0. The molecule has 0 amide bonds. The maximum Gasteiger partial charge on any atom is 0.295 e. The molecule has 0 saturated carbocycles. The van der Waals surface area contributed by atoms with Crippen LogP contribution in [0.5, 0.6) is 0 Å². The molecule has 0 aliphatic rings. The van der Waals surface area contributed by atoms with E-state index in [9.17, 15) is 57.3 Å². The first-order valence-electron chi connectivity index (χ1n) is 8.10. The molecule has 0 unspecified atom stereocenters. The molecule has 2 N–H and O–H groups in total. The van der Waals surface area contributed by atoms with Gasteiger partial charge in [0.2, 0.25) is 0 Å². The number of hydrogen-bond donors (Lipinski definition) is 2. The first-order valence-corrected chi connectivity index (χ1v) is 11.0. The molecule has 2 radical (unpaired) electrons. The van der Waals surface area contributed by atoms with Crippen LogP contribution in [0.2, 0.25) is 0 Å². The Labute approximate surface area is 224 Å². The topological polar surface area (TPSA) is 281 Å². The number of benzene rings is 2. The van der Waals surface area contributed by atoms with E-state index in [4.69, 9.17) is 9.11 Å². The van der Waals surface area contributed by atoms with Gasteiger partial charge in [0.25, 0.3) is 43.0 Å². The summed E-state index contributed by atoms with van der Waals surface area (Å²) >= 11 is 0. The van der Waals surface area contributed by atoms with Crippen LogP contribution in [0.3, 0.4) is 0 Å². The Bertz CT molecular complexity index is 1260. The third-order valence-electron chi connectivity index (χ3n) is 4.04. The van der Waals surface area contributed by atoms with Crippen molar-refractivity contribution in [2.45, 2.75) is 23.6 Å². The molecule has 0 bridgehead atoms. The fourth-order valence-corrected chi connectivity index (χ4v) is 3.42. The number of rotatable bonds is 6. The smallest absolute Gasteiger partial charge is 0.282 e. The molecule has 0 fully saturated rings. The van der Waals surface area contributed by atoms with E-state index in [-0.39, 0.29) is 48.9 Å². The summed E-state index contributed by atoms with van der Waals surface area (Å²) in [7, 11) is -9.48. The van der Waals surface area contributed by atoms with E-state index >= 15 is 0 Å². The molecule has 0 spiro atoms. The Hall–Kier alpha value is -2.88. The second-order valence-corrected chi connectivity index (χ2v) is 8.99. The van der Waals surface area contributed by atoms with E-state index in [0.29, 0.717) is 24.3 Å². The Morgan fingerprint density at radius 3 is 0.857 bits per heavy atom. The zero-order valence-electron chi connectivity index (χ0n) is 17.4. The molecule has 186 valence electrons. The van der Waals surface area contributed by atoms with Crippen LogP contribution < -0.4 is 0 Å². The van der Waals surface area contributed by atoms with Gasteiger partial charge in [-0.3, -0.25) is 49.6 Å². The van der Waals surface area contributed by atoms with Gasteiger partial charge in [-0.05, 0) is 13.8 Å². The fourth-order valence-electron chi connectivity index (χ4n) is 2.37. The molecule has 0 saturated heterocycles. The minimum absolute atomic E-state index is 0. The summed E-state index contributed by atoms with van der Waals surface area (Å²) in [5.74, 6) is 0. The van der Waals surface area contributed by atoms with E-state index in [1.165, 1.54) is 0 Å². The first kappa shape index (κ1) is 32.1. The van der Waals surface area contributed by atoms with Gasteiger partial charge in [0.1, 0.15) is 20.9 Å². The van der Waals surface area contributed by atoms with Gasteiger partial charge in [0, 0.05) is 62.0 Å². The molecular weight excluding hydrogens is 552 g/mol. The molecule has 21 heteroatoms. The van der Waals surface area contributed by atoms with Crippen LogP contribution >= 0.6 is 0 Å². The number of nitro groups is 4. The summed E-state index contributed by atoms with van der Waals surface area (Å²) in [6, 6.07) is 2.27. The van der Waals surface area contributed by atoms with E-state index < -0.39 is 72.5 Å². The zero-order valence-corrected chi connectivity index (χ0v) is 21.3. The third-order valence-corrected chi connectivity index (χ3v) is 5.70. The predicted octanol–water partition coefficient (Wildman–Crippen LogP) is 1.74. The van der Waals surface area contributed by atoms with Crippen LogP contribution in [-0.4, -0.2) is 83.4 Å². The maximum absolute atomic E-state index is 10.8. The van der Waals surface area contributed by atoms with Crippen LogP contribution in [-0.2, 0) is 20.2 Å². The number of nitrogens with zero attached hydrogens (tertiary/aromatic N) is 4. The molecule has 0 aromatic heterocycles. The summed E-state index contributed by atoms with van der Waals surface area (Å²) < 4.78 is 60.7. The number of nitro benzene ring substituents is 4. The molecule has 0 aliphatic carbocycles. The summed E-state index contributed by atoms with van der Waals surface area (Å²) in [5, 5.41) is 42.3. The minimum Gasteiger partial charge on any atom is -0.282 e. The minimum atomic E-state index is -4.74. The molecule has 2 aromatic rings. The van der Waals surface area contributed by atoms with Crippen molar-refractivity contribution in [3.05, 3.63) is 75.8 Å². The zero-order chi connectivity index (χ0) is 26.8. The summed E-state index contributed by atoms with van der Waals surface area (Å²) in [5.41, 5.74) is -3.54. The standard InChI is InChI=1S/2C7H6N2O7S.Ca/c2*1-4-6(8(10)11)2-5(17(14,15)16)3-7(4)9(12)13;/h2*2-3H,1H3,(H,14,15,16);. The van der Waals surface area contributed by atoms with Crippen molar-refractivity contribution in [3.63, 3.8) is 0 Å². The average Bonchev–Trinajstić information content (AvgIpc) is 2.65. The SMILES string of the molecule is Cc1c([N+](=O)[O-])cc(S(=O)(=O)O)cc1[N+](=O)[O-].Cc1c([N+](=O)[O-])cc(S(=O)(=O)O)cc1[N+](=O)[O-].[Ca]. The monoisotopic (exact) mass is 564 g/mol. The fraction of sp³-hybridized carbons (Fsp3) is 0.143. The summed E-state index contributed by atoms with van der Waals surface area (Å²) in [4.78, 5) is 36.7. The maximum atomic E-state index is 10.8. The second kappa shape index (κ2) is 11.7. The molecular formula is C14H12CaN4O14S2. The van der Waals surface area contributed by atoms with Gasteiger partial charge >= 0.3 is 0 Å². The van der Waals surface area contributed by atoms with E-state index in [2.05, 4.69) is 0 Å². The van der Waals surface area contributed by atoms with Crippen molar-refractivity contribution in [1.29, 1.82) is 0 Å². The summed E-state index contributed by atoms with van der Waals surface area (Å²) in [6.45, 7) is 2.23. The van der Waals surface area contributed by atoms with E-state index in [1.54, 1.807) is 0 Å².